The van der Waals surface area contributed by atoms with E-state index in [-0.39, 0.29) is 5.56 Å². The average Bonchev–Trinajstić information content (AvgIpc) is 3.32. The Balaban J connectivity index is 1.40. The molecule has 0 aliphatic heterocycles. The molecule has 4 rings (SSSR count). The number of aromatic amines is 1. The Kier molecular flexibility index (Phi) is 7.50. The van der Waals surface area contributed by atoms with Gasteiger partial charge in [0, 0.05) is 17.7 Å². The Labute approximate surface area is 206 Å². The summed E-state index contributed by atoms with van der Waals surface area (Å²) in [5.74, 6) is -3.08. The second-order valence-corrected chi connectivity index (χ2v) is 8.31. The number of carbonyl (C=O) groups is 2. The zero-order valence-corrected chi connectivity index (χ0v) is 19.3. The van der Waals surface area contributed by atoms with Crippen molar-refractivity contribution in [2.24, 2.45) is 0 Å². The fourth-order valence-corrected chi connectivity index (χ4v) is 3.75. The lowest BCUT2D eigenvalue weighted by atomic mass is 9.98. The molecule has 1 aromatic heterocycles. The number of anilines is 1. The third kappa shape index (κ3) is 6.00. The van der Waals surface area contributed by atoms with E-state index < -0.39 is 35.6 Å². The molecule has 0 bridgehead atoms. The summed E-state index contributed by atoms with van der Waals surface area (Å²) >= 11 is 0. The predicted molar refractivity (Wildman–Crippen MR) is 131 cm³/mol. The number of carbonyl (C=O) groups excluding carboxylic acids is 2. The van der Waals surface area contributed by atoms with Gasteiger partial charge in [0.05, 0.1) is 5.69 Å². The number of hydrogen-bond acceptors (Lipinski definition) is 4. The SMILES string of the molecule is C[C@H](NC(=O)[C@@H](O)c1cc(F)cc(F)c1)C(=O)Nc1cc(-c2ccccc2Cc2ccccc2)n[nH]1. The first kappa shape index (κ1) is 24.7. The molecule has 0 radical (unpaired) electrons. The fraction of sp³-hybridized carbons (Fsp3) is 0.148. The number of nitrogens with zero attached hydrogens (tertiary/aromatic N) is 1. The number of benzene rings is 3. The largest absolute Gasteiger partial charge is 0.378 e. The molecule has 184 valence electrons. The van der Waals surface area contributed by atoms with Crippen LogP contribution in [0.2, 0.25) is 0 Å². The zero-order chi connectivity index (χ0) is 25.7. The zero-order valence-electron chi connectivity index (χ0n) is 19.3. The normalized spacial score (nSPS) is 12.6. The topological polar surface area (TPSA) is 107 Å². The van der Waals surface area contributed by atoms with Gasteiger partial charge in [0.2, 0.25) is 5.91 Å². The summed E-state index contributed by atoms with van der Waals surface area (Å²) in [7, 11) is 0. The highest BCUT2D eigenvalue weighted by molar-refractivity contribution is 5.97. The molecule has 2 atom stereocenters. The summed E-state index contributed by atoms with van der Waals surface area (Å²) in [6, 6.07) is 20.8. The summed E-state index contributed by atoms with van der Waals surface area (Å²) in [6.45, 7) is 1.42. The van der Waals surface area contributed by atoms with Gasteiger partial charge >= 0.3 is 0 Å². The van der Waals surface area contributed by atoms with Crippen LogP contribution in [0.15, 0.2) is 78.9 Å². The molecule has 1 heterocycles. The third-order valence-electron chi connectivity index (χ3n) is 5.57. The van der Waals surface area contributed by atoms with Crippen LogP contribution in [0, 0.1) is 11.6 Å². The Morgan fingerprint density at radius 2 is 1.61 bits per heavy atom. The molecule has 4 N–H and O–H groups in total. The molecule has 0 saturated carbocycles. The minimum atomic E-state index is -1.84. The maximum atomic E-state index is 13.4. The standard InChI is InChI=1S/C27H24F2N4O3/c1-16(30-27(36)25(34)19-12-20(28)14-21(29)13-19)26(35)31-24-15-23(32-33-24)22-10-6-5-9-18(22)11-17-7-3-2-4-8-17/h2-10,12-16,25,34H,11H2,1H3,(H,30,36)(H2,31,32,33,35)/t16-,25-/m0/s1. The van der Waals surface area contributed by atoms with Gasteiger partial charge in [-0.05, 0) is 42.2 Å². The van der Waals surface area contributed by atoms with Gasteiger partial charge in [-0.15, -0.1) is 0 Å². The van der Waals surface area contributed by atoms with Crippen LogP contribution in [0.5, 0.6) is 0 Å². The molecule has 0 fully saturated rings. The minimum absolute atomic E-state index is 0.259. The molecule has 7 nitrogen and oxygen atoms in total. The van der Waals surface area contributed by atoms with Gasteiger partial charge in [0.25, 0.3) is 5.91 Å². The van der Waals surface area contributed by atoms with Gasteiger partial charge in [-0.2, -0.15) is 5.10 Å². The van der Waals surface area contributed by atoms with Crippen LogP contribution in [0.3, 0.4) is 0 Å². The average molecular weight is 491 g/mol. The van der Waals surface area contributed by atoms with E-state index in [0.29, 0.717) is 24.0 Å². The van der Waals surface area contributed by atoms with Crippen molar-refractivity contribution in [3.63, 3.8) is 0 Å². The van der Waals surface area contributed by atoms with E-state index in [1.807, 2.05) is 54.6 Å². The molecule has 3 aromatic carbocycles. The van der Waals surface area contributed by atoms with Crippen LogP contribution in [0.1, 0.15) is 29.7 Å². The Morgan fingerprint density at radius 3 is 2.33 bits per heavy atom. The quantitative estimate of drug-likeness (QED) is 0.298. The number of aliphatic hydroxyl groups is 1. The summed E-state index contributed by atoms with van der Waals surface area (Å²) in [5, 5.41) is 22.2. The van der Waals surface area contributed by atoms with Gasteiger partial charge < -0.3 is 15.7 Å². The van der Waals surface area contributed by atoms with E-state index >= 15 is 0 Å². The lowest BCUT2D eigenvalue weighted by molar-refractivity contribution is -0.132. The van der Waals surface area contributed by atoms with Crippen LogP contribution in [0.25, 0.3) is 11.3 Å². The van der Waals surface area contributed by atoms with E-state index in [1.165, 1.54) is 6.92 Å². The molecular formula is C27H24F2N4O3. The van der Waals surface area contributed by atoms with Crippen molar-refractivity contribution in [2.75, 3.05) is 5.32 Å². The number of hydrogen-bond donors (Lipinski definition) is 4. The highest BCUT2D eigenvalue weighted by Crippen LogP contribution is 2.26. The third-order valence-corrected chi connectivity index (χ3v) is 5.57. The van der Waals surface area contributed by atoms with Gasteiger partial charge in [-0.3, -0.25) is 14.7 Å². The first-order chi connectivity index (χ1) is 17.3. The molecular weight excluding hydrogens is 466 g/mol. The molecule has 0 spiro atoms. The summed E-state index contributed by atoms with van der Waals surface area (Å²) in [5.41, 5.74) is 3.50. The maximum absolute atomic E-state index is 13.4. The van der Waals surface area contributed by atoms with E-state index in [2.05, 4.69) is 20.8 Å². The van der Waals surface area contributed by atoms with Crippen molar-refractivity contribution in [3.05, 3.63) is 107 Å². The first-order valence-corrected chi connectivity index (χ1v) is 11.2. The first-order valence-electron chi connectivity index (χ1n) is 11.2. The van der Waals surface area contributed by atoms with E-state index in [0.717, 1.165) is 28.8 Å². The Bertz CT molecular complexity index is 1350. The molecule has 36 heavy (non-hydrogen) atoms. The van der Waals surface area contributed by atoms with Crippen molar-refractivity contribution < 1.29 is 23.5 Å². The summed E-state index contributed by atoms with van der Waals surface area (Å²) < 4.78 is 26.8. The van der Waals surface area contributed by atoms with Crippen LogP contribution in [-0.2, 0) is 16.0 Å². The van der Waals surface area contributed by atoms with Crippen molar-refractivity contribution in [1.29, 1.82) is 0 Å². The molecule has 0 unspecified atom stereocenters. The Hall–Kier alpha value is -4.37. The van der Waals surface area contributed by atoms with Gasteiger partial charge in [0.15, 0.2) is 6.10 Å². The summed E-state index contributed by atoms with van der Waals surface area (Å²) in [6.07, 6.45) is -1.13. The van der Waals surface area contributed by atoms with E-state index in [1.54, 1.807) is 6.07 Å². The smallest absolute Gasteiger partial charge is 0.254 e. The van der Waals surface area contributed by atoms with Crippen LogP contribution >= 0.6 is 0 Å². The monoisotopic (exact) mass is 490 g/mol. The van der Waals surface area contributed by atoms with Crippen LogP contribution < -0.4 is 10.6 Å². The molecule has 0 aliphatic rings. The molecule has 4 aromatic rings. The highest BCUT2D eigenvalue weighted by Gasteiger charge is 2.24. The van der Waals surface area contributed by atoms with Crippen molar-refractivity contribution in [3.8, 4) is 11.3 Å². The highest BCUT2D eigenvalue weighted by atomic mass is 19.1. The number of aliphatic hydroxyl groups excluding tert-OH is 1. The van der Waals surface area contributed by atoms with Crippen molar-refractivity contribution in [1.82, 2.24) is 15.5 Å². The van der Waals surface area contributed by atoms with Crippen molar-refractivity contribution >= 4 is 17.6 Å². The van der Waals surface area contributed by atoms with Gasteiger partial charge in [0.1, 0.15) is 23.5 Å². The molecule has 0 aliphatic carbocycles. The second-order valence-electron chi connectivity index (χ2n) is 8.31. The number of H-pyrrole nitrogens is 1. The number of amides is 2. The van der Waals surface area contributed by atoms with E-state index in [4.69, 9.17) is 0 Å². The van der Waals surface area contributed by atoms with Gasteiger partial charge in [-0.25, -0.2) is 8.78 Å². The summed E-state index contributed by atoms with van der Waals surface area (Å²) in [4.78, 5) is 24.9. The number of rotatable bonds is 8. The maximum Gasteiger partial charge on any atom is 0.254 e. The lowest BCUT2D eigenvalue weighted by Gasteiger charge is -2.16. The van der Waals surface area contributed by atoms with Crippen LogP contribution in [0.4, 0.5) is 14.6 Å². The number of nitrogens with one attached hydrogen (secondary N) is 3. The van der Waals surface area contributed by atoms with Crippen LogP contribution in [-0.4, -0.2) is 33.2 Å². The Morgan fingerprint density at radius 1 is 0.944 bits per heavy atom. The van der Waals surface area contributed by atoms with E-state index in [9.17, 15) is 23.5 Å². The number of halogens is 2. The second kappa shape index (κ2) is 10.9. The molecule has 2 amide bonds. The molecule has 0 saturated heterocycles. The van der Waals surface area contributed by atoms with Gasteiger partial charge in [-0.1, -0.05) is 54.6 Å². The lowest BCUT2D eigenvalue weighted by Crippen LogP contribution is -2.43. The fourth-order valence-electron chi connectivity index (χ4n) is 3.75. The number of aromatic nitrogens is 2. The minimum Gasteiger partial charge on any atom is -0.378 e. The predicted octanol–water partition coefficient (Wildman–Crippen LogP) is 4.12. The van der Waals surface area contributed by atoms with Crippen molar-refractivity contribution in [2.45, 2.75) is 25.5 Å². The molecule has 9 heteroatoms.